The van der Waals surface area contributed by atoms with E-state index < -0.39 is 0 Å². The average molecular weight is 196 g/mol. The number of hydrogen-bond acceptors (Lipinski definition) is 3. The lowest BCUT2D eigenvalue weighted by Gasteiger charge is -2.22. The summed E-state index contributed by atoms with van der Waals surface area (Å²) in [6, 6.07) is 0. The molecule has 3 N–H and O–H groups in total. The highest BCUT2D eigenvalue weighted by atomic mass is 15.2. The van der Waals surface area contributed by atoms with Crippen molar-refractivity contribution >= 4 is 0 Å². The van der Waals surface area contributed by atoms with Gasteiger partial charge in [0.25, 0.3) is 0 Å². The molecule has 0 atom stereocenters. The van der Waals surface area contributed by atoms with Gasteiger partial charge in [-0.25, -0.2) is 4.98 Å². The van der Waals surface area contributed by atoms with Crippen molar-refractivity contribution in [2.24, 2.45) is 5.73 Å². The van der Waals surface area contributed by atoms with Gasteiger partial charge < -0.3 is 5.73 Å². The molecule has 0 spiro atoms. The number of nitrogens with two attached hydrogens (primary N) is 1. The van der Waals surface area contributed by atoms with Crippen molar-refractivity contribution in [3.8, 4) is 0 Å². The van der Waals surface area contributed by atoms with Crippen molar-refractivity contribution < 1.29 is 0 Å². The van der Waals surface area contributed by atoms with Crippen molar-refractivity contribution in [3.63, 3.8) is 0 Å². The third-order valence-electron chi connectivity index (χ3n) is 2.76. The summed E-state index contributed by atoms with van der Waals surface area (Å²) in [5, 5.41) is 7.13. The van der Waals surface area contributed by atoms with Crippen LogP contribution in [0.25, 0.3) is 0 Å². The van der Waals surface area contributed by atoms with Crippen LogP contribution < -0.4 is 5.73 Å². The Bertz CT molecular complexity index is 286. The zero-order valence-corrected chi connectivity index (χ0v) is 9.46. The SMILES string of the molecule is CCC(N)(CC)c1n[nH]c(C(C)C)n1. The van der Waals surface area contributed by atoms with Gasteiger partial charge in [0.1, 0.15) is 5.82 Å². The Balaban J connectivity index is 2.95. The second-order valence-electron chi connectivity index (χ2n) is 4.06. The van der Waals surface area contributed by atoms with Gasteiger partial charge in [0.05, 0.1) is 5.54 Å². The summed E-state index contributed by atoms with van der Waals surface area (Å²) >= 11 is 0. The second kappa shape index (κ2) is 4.09. The summed E-state index contributed by atoms with van der Waals surface area (Å²) in [7, 11) is 0. The van der Waals surface area contributed by atoms with Gasteiger partial charge in [0.2, 0.25) is 0 Å². The molecule has 1 rings (SSSR count). The standard InChI is InChI=1S/C10H20N4/c1-5-10(11,6-2)9-12-8(7(3)4)13-14-9/h7H,5-6,11H2,1-4H3,(H,12,13,14). The van der Waals surface area contributed by atoms with Gasteiger partial charge in [-0.2, -0.15) is 5.10 Å². The predicted molar refractivity (Wildman–Crippen MR) is 56.9 cm³/mol. The quantitative estimate of drug-likeness (QED) is 0.772. The fraction of sp³-hybridized carbons (Fsp3) is 0.800. The maximum Gasteiger partial charge on any atom is 0.170 e. The first-order valence-electron chi connectivity index (χ1n) is 5.25. The molecule has 1 heterocycles. The maximum atomic E-state index is 6.19. The van der Waals surface area contributed by atoms with Crippen LogP contribution in [0.15, 0.2) is 0 Å². The van der Waals surface area contributed by atoms with E-state index in [0.717, 1.165) is 24.5 Å². The Morgan fingerprint density at radius 1 is 1.36 bits per heavy atom. The average Bonchev–Trinajstić information content (AvgIpc) is 2.66. The topological polar surface area (TPSA) is 67.6 Å². The van der Waals surface area contributed by atoms with E-state index in [1.807, 2.05) is 0 Å². The normalized spacial score (nSPS) is 12.4. The molecule has 14 heavy (non-hydrogen) atoms. The van der Waals surface area contributed by atoms with Crippen LogP contribution in [0.4, 0.5) is 0 Å². The third-order valence-corrected chi connectivity index (χ3v) is 2.76. The molecule has 0 saturated carbocycles. The smallest absolute Gasteiger partial charge is 0.170 e. The Morgan fingerprint density at radius 3 is 2.29 bits per heavy atom. The van der Waals surface area contributed by atoms with E-state index in [1.54, 1.807) is 0 Å². The number of aromatic amines is 1. The van der Waals surface area contributed by atoms with Crippen molar-refractivity contribution in [1.29, 1.82) is 0 Å². The van der Waals surface area contributed by atoms with Crippen LogP contribution in [0.3, 0.4) is 0 Å². The molecule has 4 nitrogen and oxygen atoms in total. The summed E-state index contributed by atoms with van der Waals surface area (Å²) in [5.41, 5.74) is 5.81. The fourth-order valence-electron chi connectivity index (χ4n) is 1.32. The molecule has 80 valence electrons. The van der Waals surface area contributed by atoms with Gasteiger partial charge in [0, 0.05) is 5.92 Å². The Kier molecular flexibility index (Phi) is 3.26. The number of aromatic nitrogens is 3. The molecule has 0 unspecified atom stereocenters. The lowest BCUT2D eigenvalue weighted by Crippen LogP contribution is -2.36. The molecule has 0 aliphatic rings. The Morgan fingerprint density at radius 2 is 1.93 bits per heavy atom. The molecule has 0 saturated heterocycles. The van der Waals surface area contributed by atoms with Crippen molar-refractivity contribution in [2.75, 3.05) is 0 Å². The van der Waals surface area contributed by atoms with Crippen molar-refractivity contribution in [3.05, 3.63) is 11.6 Å². The summed E-state index contributed by atoms with van der Waals surface area (Å²) in [6.07, 6.45) is 1.72. The fourth-order valence-corrected chi connectivity index (χ4v) is 1.32. The van der Waals surface area contributed by atoms with Crippen LogP contribution in [0.1, 0.15) is 58.1 Å². The highest BCUT2D eigenvalue weighted by Crippen LogP contribution is 2.23. The summed E-state index contributed by atoms with van der Waals surface area (Å²) in [5.74, 6) is 2.03. The van der Waals surface area contributed by atoms with E-state index in [0.29, 0.717) is 5.92 Å². The molecule has 0 bridgehead atoms. The minimum Gasteiger partial charge on any atom is -0.319 e. The number of nitrogens with zero attached hydrogens (tertiary/aromatic N) is 2. The largest absolute Gasteiger partial charge is 0.319 e. The summed E-state index contributed by atoms with van der Waals surface area (Å²) < 4.78 is 0. The Labute approximate surface area is 85.3 Å². The van der Waals surface area contributed by atoms with E-state index in [-0.39, 0.29) is 5.54 Å². The predicted octanol–water partition coefficient (Wildman–Crippen LogP) is 1.90. The van der Waals surface area contributed by atoms with Crippen LogP contribution in [0.5, 0.6) is 0 Å². The first kappa shape index (κ1) is 11.2. The molecule has 1 aromatic rings. The third kappa shape index (κ3) is 1.95. The van der Waals surface area contributed by atoms with E-state index in [4.69, 9.17) is 5.73 Å². The molecule has 0 amide bonds. The first-order valence-corrected chi connectivity index (χ1v) is 5.25. The zero-order valence-electron chi connectivity index (χ0n) is 9.46. The van der Waals surface area contributed by atoms with Gasteiger partial charge in [0.15, 0.2) is 5.82 Å². The molecule has 0 radical (unpaired) electrons. The number of rotatable bonds is 4. The van der Waals surface area contributed by atoms with Crippen LogP contribution >= 0.6 is 0 Å². The maximum absolute atomic E-state index is 6.19. The second-order valence-corrected chi connectivity index (χ2v) is 4.06. The monoisotopic (exact) mass is 196 g/mol. The molecule has 0 aromatic carbocycles. The van der Waals surface area contributed by atoms with E-state index >= 15 is 0 Å². The molecule has 0 fully saturated rings. The van der Waals surface area contributed by atoms with E-state index in [1.165, 1.54) is 0 Å². The molecule has 0 aliphatic heterocycles. The van der Waals surface area contributed by atoms with Crippen LogP contribution in [0, 0.1) is 0 Å². The van der Waals surface area contributed by atoms with Gasteiger partial charge in [-0.3, -0.25) is 5.10 Å². The first-order chi connectivity index (χ1) is 6.53. The molecular formula is C10H20N4. The highest BCUT2D eigenvalue weighted by molar-refractivity contribution is 5.06. The van der Waals surface area contributed by atoms with Crippen molar-refractivity contribution in [2.45, 2.75) is 52.0 Å². The summed E-state index contributed by atoms with van der Waals surface area (Å²) in [4.78, 5) is 4.43. The number of nitrogens with one attached hydrogen (secondary N) is 1. The minimum absolute atomic E-state index is 0.370. The van der Waals surface area contributed by atoms with Gasteiger partial charge in [-0.1, -0.05) is 27.7 Å². The molecule has 1 aromatic heterocycles. The van der Waals surface area contributed by atoms with E-state index in [9.17, 15) is 0 Å². The molecule has 4 heteroatoms. The Hall–Kier alpha value is -0.900. The highest BCUT2D eigenvalue weighted by Gasteiger charge is 2.27. The zero-order chi connectivity index (χ0) is 10.8. The minimum atomic E-state index is -0.371. The molecule has 0 aliphatic carbocycles. The lowest BCUT2D eigenvalue weighted by molar-refractivity contribution is 0.388. The van der Waals surface area contributed by atoms with Crippen molar-refractivity contribution in [1.82, 2.24) is 15.2 Å². The lowest BCUT2D eigenvalue weighted by atomic mass is 9.93. The van der Waals surface area contributed by atoms with Crippen LogP contribution in [0.2, 0.25) is 0 Å². The van der Waals surface area contributed by atoms with Gasteiger partial charge >= 0.3 is 0 Å². The number of hydrogen-bond donors (Lipinski definition) is 2. The molecular weight excluding hydrogens is 176 g/mol. The summed E-state index contributed by atoms with van der Waals surface area (Å²) in [6.45, 7) is 8.30. The van der Waals surface area contributed by atoms with Gasteiger partial charge in [-0.05, 0) is 12.8 Å². The van der Waals surface area contributed by atoms with Gasteiger partial charge in [-0.15, -0.1) is 0 Å². The number of H-pyrrole nitrogens is 1. The van der Waals surface area contributed by atoms with Crippen LogP contribution in [-0.4, -0.2) is 15.2 Å². The van der Waals surface area contributed by atoms with E-state index in [2.05, 4.69) is 42.9 Å². The van der Waals surface area contributed by atoms with Crippen LogP contribution in [-0.2, 0) is 5.54 Å².